The summed E-state index contributed by atoms with van der Waals surface area (Å²) < 4.78 is 75.7. The van der Waals surface area contributed by atoms with E-state index in [1.807, 2.05) is 36.4 Å². The molecule has 1 aliphatic carbocycles. The molecule has 0 saturated carbocycles. The van der Waals surface area contributed by atoms with Crippen LogP contribution >= 0.6 is 0 Å². The van der Waals surface area contributed by atoms with Gasteiger partial charge in [-0.15, -0.1) is 40.6 Å². The molecule has 48 heavy (non-hydrogen) atoms. The molecule has 0 heterocycles. The minimum Gasteiger partial charge on any atom is -0.214 e. The maximum atomic E-state index is 12.5. The Bertz CT molecular complexity index is 2100. The van der Waals surface area contributed by atoms with Gasteiger partial charge in [-0.05, 0) is 28.5 Å². The zero-order valence-electron chi connectivity index (χ0n) is 25.3. The number of hydrogen-bond donors (Lipinski definition) is 0. The van der Waals surface area contributed by atoms with Crippen molar-refractivity contribution in [1.29, 1.82) is 0 Å². The molecule has 0 spiro atoms. The van der Waals surface area contributed by atoms with Crippen LogP contribution in [0.5, 0.6) is 0 Å². The summed E-state index contributed by atoms with van der Waals surface area (Å²) in [5.74, 6) is 0. The van der Waals surface area contributed by atoms with Crippen molar-refractivity contribution < 1.29 is 50.2 Å². The Morgan fingerprint density at radius 1 is 0.583 bits per heavy atom. The Kier molecular flexibility index (Phi) is 9.70. The first-order valence-electron chi connectivity index (χ1n) is 15.0. The fourth-order valence-corrected chi connectivity index (χ4v) is 7.06. The van der Waals surface area contributed by atoms with Gasteiger partial charge in [-0.1, -0.05) is 53.9 Å². The van der Waals surface area contributed by atoms with Gasteiger partial charge in [0.25, 0.3) is 0 Å². The third kappa shape index (κ3) is 7.16. The first-order valence-corrected chi connectivity index (χ1v) is 16.8. The van der Waals surface area contributed by atoms with E-state index in [4.69, 9.17) is 0 Å². The van der Waals surface area contributed by atoms with E-state index in [2.05, 4.69) is 66.7 Å². The molecule has 0 N–H and O–H groups in total. The zero-order valence-corrected chi connectivity index (χ0v) is 28.9. The molecular formula is C41H26F6Hf. The van der Waals surface area contributed by atoms with E-state index in [0.717, 1.165) is 33.9 Å². The molecule has 236 valence electrons. The molecule has 8 rings (SSSR count). The third-order valence-electron chi connectivity index (χ3n) is 8.16. The van der Waals surface area contributed by atoms with Crippen LogP contribution in [0, 0.1) is 6.07 Å². The molecule has 0 aliphatic heterocycles. The summed E-state index contributed by atoms with van der Waals surface area (Å²) in [4.78, 5) is 0. The number of benzene rings is 6. The normalized spacial score (nSPS) is 12.0. The van der Waals surface area contributed by atoms with Gasteiger partial charge in [0.2, 0.25) is 0 Å². The van der Waals surface area contributed by atoms with Gasteiger partial charge >= 0.3 is 137 Å². The quantitative estimate of drug-likeness (QED) is 0.0706. The molecule has 0 aromatic heterocycles. The van der Waals surface area contributed by atoms with Crippen molar-refractivity contribution >= 4 is 24.8 Å². The molecule has 0 atom stereocenters. The molecule has 0 saturated heterocycles. The molecule has 0 bridgehead atoms. The van der Waals surface area contributed by atoms with Crippen molar-refractivity contribution in [1.82, 2.24) is 0 Å². The topological polar surface area (TPSA) is 0 Å². The molecule has 7 aromatic carbocycles. The second-order valence-corrected chi connectivity index (χ2v) is 13.0. The average molecular weight is 811 g/mol. The largest absolute Gasteiger partial charge is 0.214 e. The average Bonchev–Trinajstić information content (AvgIpc) is 3.81. The van der Waals surface area contributed by atoms with E-state index in [0.29, 0.717) is 35.0 Å². The van der Waals surface area contributed by atoms with Crippen LogP contribution in [0.3, 0.4) is 0 Å². The van der Waals surface area contributed by atoms with E-state index in [1.54, 1.807) is 0 Å². The molecule has 1 aliphatic rings. The summed E-state index contributed by atoms with van der Waals surface area (Å²) in [6.07, 6.45) is -7.79. The van der Waals surface area contributed by atoms with Gasteiger partial charge in [-0.3, -0.25) is 0 Å². The van der Waals surface area contributed by atoms with Gasteiger partial charge in [-0.2, -0.15) is 18.2 Å². The van der Waals surface area contributed by atoms with Gasteiger partial charge < -0.3 is 0 Å². The minimum absolute atomic E-state index is 0.493. The van der Waals surface area contributed by atoms with Crippen LogP contribution in [-0.4, -0.2) is 3.26 Å². The zero-order chi connectivity index (χ0) is 33.9. The maximum Gasteiger partial charge on any atom is -0.0240 e. The second-order valence-electron chi connectivity index (χ2n) is 11.2. The Morgan fingerprint density at radius 3 is 1.65 bits per heavy atom. The van der Waals surface area contributed by atoms with Gasteiger partial charge in [0.1, 0.15) is 0 Å². The summed E-state index contributed by atoms with van der Waals surface area (Å²) in [7, 11) is 0. The van der Waals surface area contributed by atoms with Gasteiger partial charge in [0.15, 0.2) is 0 Å². The van der Waals surface area contributed by atoms with Crippen molar-refractivity contribution in [2.24, 2.45) is 0 Å². The first-order chi connectivity index (χ1) is 23.0. The molecule has 7 heteroatoms. The monoisotopic (exact) mass is 812 g/mol. The van der Waals surface area contributed by atoms with E-state index in [-0.39, 0.29) is 0 Å². The van der Waals surface area contributed by atoms with Crippen LogP contribution in [0.1, 0.15) is 33.4 Å². The summed E-state index contributed by atoms with van der Waals surface area (Å²) in [6.45, 7) is 0. The Hall–Kier alpha value is -4.49. The van der Waals surface area contributed by atoms with Crippen LogP contribution in [0.15, 0.2) is 146 Å². The standard InChI is InChI=1S/C21H13.C15H8F6.C5H5.Hf/c1-2-8-15-14(7-1)13-20-18-11-4-3-9-16(18)17-10-5-6-12-19(17)21(15)20;16-14(17,18)12-5-1-10(2-6-12)9-11-3-7-13(8-4-11)15(19,20)21;1-2-4-5-3-1;/h1-10,12H,13H2;1-8H;1-5H;/q-1;;-1;+2. The van der Waals surface area contributed by atoms with Crippen LogP contribution in [-0.2, 0) is 42.7 Å². The van der Waals surface area contributed by atoms with Gasteiger partial charge in [0, 0.05) is 0 Å². The Morgan fingerprint density at radius 2 is 1.10 bits per heavy atom. The first kappa shape index (κ1) is 33.4. The van der Waals surface area contributed by atoms with E-state index in [1.165, 1.54) is 68.1 Å². The predicted molar refractivity (Wildman–Crippen MR) is 177 cm³/mol. The molecule has 7 aromatic rings. The van der Waals surface area contributed by atoms with Crippen molar-refractivity contribution in [3.63, 3.8) is 0 Å². The van der Waals surface area contributed by atoms with Crippen LogP contribution < -0.4 is 0 Å². The molecule has 0 nitrogen and oxygen atoms in total. The molecule has 0 amide bonds. The fraction of sp³-hybridized carbons (Fsp3) is 0.0732. The summed E-state index contributed by atoms with van der Waals surface area (Å²) in [6, 6.07) is 46.6. The van der Waals surface area contributed by atoms with E-state index < -0.39 is 23.5 Å². The smallest absolute Gasteiger partial charge is 0.0240 e. The van der Waals surface area contributed by atoms with E-state index >= 15 is 0 Å². The number of fused-ring (bicyclic) bond motifs is 8. The van der Waals surface area contributed by atoms with Crippen molar-refractivity contribution in [3.05, 3.63) is 185 Å². The van der Waals surface area contributed by atoms with Crippen molar-refractivity contribution in [3.8, 4) is 11.1 Å². The number of rotatable bonds is 2. The van der Waals surface area contributed by atoms with Crippen molar-refractivity contribution in [2.75, 3.05) is 0 Å². The van der Waals surface area contributed by atoms with Gasteiger partial charge in [0.05, 0.1) is 0 Å². The second kappa shape index (κ2) is 13.9. The third-order valence-corrected chi connectivity index (χ3v) is 10.2. The number of halogens is 6. The molecular weight excluding hydrogens is 785 g/mol. The Balaban J connectivity index is 0.000000146. The predicted octanol–water partition coefficient (Wildman–Crippen LogP) is 11.6. The Labute approximate surface area is 288 Å². The molecule has 0 fully saturated rings. The number of alkyl halides is 6. The summed E-state index contributed by atoms with van der Waals surface area (Å²) in [5, 5.41) is 5.30. The van der Waals surface area contributed by atoms with Crippen LogP contribution in [0.4, 0.5) is 26.3 Å². The minimum atomic E-state index is -4.40. The van der Waals surface area contributed by atoms with Gasteiger partial charge in [-0.25, -0.2) is 12.1 Å². The van der Waals surface area contributed by atoms with Crippen LogP contribution in [0.25, 0.3) is 32.7 Å². The maximum absolute atomic E-state index is 12.5. The number of hydrogen-bond acceptors (Lipinski definition) is 0. The van der Waals surface area contributed by atoms with Crippen LogP contribution in [0.2, 0.25) is 0 Å². The SMILES string of the molecule is FC(F)(F)c1ccc([C](=[Hf+2])c2ccc(C(F)(F)F)cc2)cc1.[c-]1cccc2c1c1c(c3ccccc32)-c2ccccc2C1.c1cc[cH-]c1. The molecule has 0 radical (unpaired) electrons. The van der Waals surface area contributed by atoms with Crippen molar-refractivity contribution in [2.45, 2.75) is 18.8 Å². The van der Waals surface area contributed by atoms with E-state index in [9.17, 15) is 26.3 Å². The summed E-state index contributed by atoms with van der Waals surface area (Å²) in [5.41, 5.74) is 5.34. The summed E-state index contributed by atoms with van der Waals surface area (Å²) >= 11 is 0.493. The molecule has 0 unspecified atom stereocenters. The fourth-order valence-electron chi connectivity index (χ4n) is 5.87.